The molecule has 2 aromatic carbocycles. The molecule has 0 spiro atoms. The molecule has 162 valence electrons. The Bertz CT molecular complexity index is 1010. The Morgan fingerprint density at radius 1 is 1.13 bits per heavy atom. The van der Waals surface area contributed by atoms with Crippen LogP contribution in [0.2, 0.25) is 5.02 Å². The average molecular weight is 463 g/mol. The van der Waals surface area contributed by atoms with Crippen molar-refractivity contribution in [3.63, 3.8) is 0 Å². The summed E-state index contributed by atoms with van der Waals surface area (Å²) in [5, 5.41) is 2.81. The number of anilines is 1. The summed E-state index contributed by atoms with van der Waals surface area (Å²) in [6.07, 6.45) is -4.07. The first kappa shape index (κ1) is 22.4. The maximum Gasteiger partial charge on any atom is 0.573 e. The summed E-state index contributed by atoms with van der Waals surface area (Å²) >= 11 is 5.80. The molecule has 0 aromatic heterocycles. The van der Waals surface area contributed by atoms with E-state index >= 15 is 0 Å². The number of ether oxygens (including phenoxy) is 1. The molecule has 1 saturated heterocycles. The van der Waals surface area contributed by atoms with E-state index in [-0.39, 0.29) is 23.7 Å². The lowest BCUT2D eigenvalue weighted by Gasteiger charge is -2.31. The molecule has 11 heteroatoms. The summed E-state index contributed by atoms with van der Waals surface area (Å²) in [7, 11) is -3.83. The maximum atomic E-state index is 12.8. The van der Waals surface area contributed by atoms with Crippen LogP contribution in [-0.2, 0) is 14.8 Å². The summed E-state index contributed by atoms with van der Waals surface area (Å²) in [5.41, 5.74) is -0.141. The molecule has 0 radical (unpaired) electrons. The lowest BCUT2D eigenvalue weighted by molar-refractivity contribution is -0.274. The van der Waals surface area contributed by atoms with Gasteiger partial charge in [-0.15, -0.1) is 13.2 Å². The van der Waals surface area contributed by atoms with E-state index in [2.05, 4.69) is 10.1 Å². The lowest BCUT2D eigenvalue weighted by atomic mass is 9.98. The fraction of sp³-hybridized carbons (Fsp3) is 0.316. The van der Waals surface area contributed by atoms with Gasteiger partial charge in [0, 0.05) is 18.1 Å². The van der Waals surface area contributed by atoms with Gasteiger partial charge in [0.05, 0.1) is 16.5 Å². The third-order valence-electron chi connectivity index (χ3n) is 4.58. The van der Waals surface area contributed by atoms with Crippen molar-refractivity contribution in [2.75, 3.05) is 18.4 Å². The highest BCUT2D eigenvalue weighted by molar-refractivity contribution is 7.89. The number of piperidine rings is 1. The van der Waals surface area contributed by atoms with E-state index in [9.17, 15) is 26.4 Å². The van der Waals surface area contributed by atoms with Gasteiger partial charge < -0.3 is 10.1 Å². The summed E-state index contributed by atoms with van der Waals surface area (Å²) in [6, 6.07) is 10.8. The van der Waals surface area contributed by atoms with Crippen molar-refractivity contribution in [3.05, 3.63) is 53.6 Å². The lowest BCUT2D eigenvalue weighted by Crippen LogP contribution is -2.43. The second-order valence-electron chi connectivity index (χ2n) is 6.69. The standard InChI is InChI=1S/C19H18ClF3N2O4S/c20-14-7-9-15(10-8-14)30(27,28)25-11-3-4-13(12-25)18(26)24-16-5-1-2-6-17(16)29-19(21,22)23/h1-2,5-10,13H,3-4,11-12H2,(H,24,26). The molecule has 2 aromatic rings. The van der Waals surface area contributed by atoms with E-state index in [1.165, 1.54) is 46.8 Å². The molecule has 1 unspecified atom stereocenters. The van der Waals surface area contributed by atoms with Crippen LogP contribution in [0, 0.1) is 5.92 Å². The van der Waals surface area contributed by atoms with Crippen molar-refractivity contribution < 1.29 is 31.1 Å². The van der Waals surface area contributed by atoms with Gasteiger partial charge >= 0.3 is 6.36 Å². The molecule has 1 aliphatic rings. The molecule has 1 fully saturated rings. The molecule has 1 amide bonds. The molecule has 1 N–H and O–H groups in total. The van der Waals surface area contributed by atoms with Gasteiger partial charge in [-0.1, -0.05) is 23.7 Å². The normalized spacial score (nSPS) is 18.1. The Morgan fingerprint density at radius 3 is 2.47 bits per heavy atom. The third kappa shape index (κ3) is 5.44. The summed E-state index contributed by atoms with van der Waals surface area (Å²) in [5.74, 6) is -1.84. The SMILES string of the molecule is O=C(Nc1ccccc1OC(F)(F)F)C1CCCN(S(=O)(=O)c2ccc(Cl)cc2)C1. The Morgan fingerprint density at radius 2 is 1.80 bits per heavy atom. The first-order valence-corrected chi connectivity index (χ1v) is 10.8. The van der Waals surface area contributed by atoms with Crippen LogP contribution in [0.25, 0.3) is 0 Å². The van der Waals surface area contributed by atoms with Crippen LogP contribution in [-0.4, -0.2) is 38.1 Å². The molecular formula is C19H18ClF3N2O4S. The van der Waals surface area contributed by atoms with E-state index in [1.54, 1.807) is 0 Å². The zero-order chi connectivity index (χ0) is 21.9. The number of sulfonamides is 1. The first-order chi connectivity index (χ1) is 14.1. The third-order valence-corrected chi connectivity index (χ3v) is 6.71. The second-order valence-corrected chi connectivity index (χ2v) is 9.06. The van der Waals surface area contributed by atoms with Gasteiger partial charge in [0.1, 0.15) is 0 Å². The zero-order valence-electron chi connectivity index (χ0n) is 15.5. The van der Waals surface area contributed by atoms with Crippen molar-refractivity contribution >= 4 is 33.2 Å². The van der Waals surface area contributed by atoms with Crippen LogP contribution in [0.5, 0.6) is 5.75 Å². The minimum absolute atomic E-state index is 0.0527. The monoisotopic (exact) mass is 462 g/mol. The van der Waals surface area contributed by atoms with Crippen LogP contribution in [0.4, 0.5) is 18.9 Å². The summed E-state index contributed by atoms with van der Waals surface area (Å²) in [6.45, 7) is 0.154. The number of benzene rings is 2. The fourth-order valence-corrected chi connectivity index (χ4v) is 4.80. The molecular weight excluding hydrogens is 445 g/mol. The summed E-state index contributed by atoms with van der Waals surface area (Å²) in [4.78, 5) is 12.7. The molecule has 0 saturated carbocycles. The molecule has 0 aliphatic carbocycles. The molecule has 1 aliphatic heterocycles. The van der Waals surface area contributed by atoms with Crippen LogP contribution in [0.15, 0.2) is 53.4 Å². The predicted molar refractivity (Wildman–Crippen MR) is 105 cm³/mol. The second kappa shape index (κ2) is 8.83. The van der Waals surface area contributed by atoms with Gasteiger partial charge in [0.15, 0.2) is 5.75 Å². The van der Waals surface area contributed by atoms with Gasteiger partial charge in [0.2, 0.25) is 15.9 Å². The van der Waals surface area contributed by atoms with Crippen LogP contribution >= 0.6 is 11.6 Å². The quantitative estimate of drug-likeness (QED) is 0.719. The van der Waals surface area contributed by atoms with Crippen LogP contribution in [0.1, 0.15) is 12.8 Å². The predicted octanol–water partition coefficient (Wildman–Crippen LogP) is 4.28. The highest BCUT2D eigenvalue weighted by Gasteiger charge is 2.35. The topological polar surface area (TPSA) is 75.7 Å². The molecule has 30 heavy (non-hydrogen) atoms. The minimum atomic E-state index is -4.91. The van der Waals surface area contributed by atoms with Crippen molar-refractivity contribution in [1.29, 1.82) is 0 Å². The van der Waals surface area contributed by atoms with Gasteiger partial charge in [0.25, 0.3) is 0 Å². The maximum absolute atomic E-state index is 12.8. The number of carbonyl (C=O) groups is 1. The molecule has 1 heterocycles. The van der Waals surface area contributed by atoms with Crippen LogP contribution in [0.3, 0.4) is 0 Å². The number of hydrogen-bond acceptors (Lipinski definition) is 4. The van der Waals surface area contributed by atoms with E-state index < -0.39 is 34.0 Å². The number of rotatable bonds is 5. The number of hydrogen-bond donors (Lipinski definition) is 1. The smallest absolute Gasteiger partial charge is 0.404 e. The van der Waals surface area contributed by atoms with E-state index in [0.717, 1.165) is 6.07 Å². The molecule has 3 rings (SSSR count). The van der Waals surface area contributed by atoms with Crippen molar-refractivity contribution in [2.24, 2.45) is 5.92 Å². The Balaban J connectivity index is 1.73. The van der Waals surface area contributed by atoms with E-state index in [0.29, 0.717) is 17.9 Å². The van der Waals surface area contributed by atoms with Crippen molar-refractivity contribution in [2.45, 2.75) is 24.1 Å². The van der Waals surface area contributed by atoms with Gasteiger partial charge in [-0.25, -0.2) is 8.42 Å². The Labute approximate surface area is 176 Å². The van der Waals surface area contributed by atoms with Crippen molar-refractivity contribution in [3.8, 4) is 5.75 Å². The average Bonchev–Trinajstić information content (AvgIpc) is 2.69. The van der Waals surface area contributed by atoms with Gasteiger partial charge in [-0.3, -0.25) is 4.79 Å². The van der Waals surface area contributed by atoms with Crippen LogP contribution < -0.4 is 10.1 Å². The number of alkyl halides is 3. The number of halogens is 4. The number of amides is 1. The van der Waals surface area contributed by atoms with Gasteiger partial charge in [-0.05, 0) is 49.2 Å². The van der Waals surface area contributed by atoms with E-state index in [4.69, 9.17) is 11.6 Å². The fourth-order valence-electron chi connectivity index (χ4n) is 3.15. The minimum Gasteiger partial charge on any atom is -0.404 e. The summed E-state index contributed by atoms with van der Waals surface area (Å²) < 4.78 is 68.5. The molecule has 0 bridgehead atoms. The number of carbonyl (C=O) groups excluding carboxylic acids is 1. The molecule has 6 nitrogen and oxygen atoms in total. The largest absolute Gasteiger partial charge is 0.573 e. The van der Waals surface area contributed by atoms with Crippen molar-refractivity contribution in [1.82, 2.24) is 4.31 Å². The zero-order valence-corrected chi connectivity index (χ0v) is 17.1. The molecule has 1 atom stereocenters. The number of nitrogens with one attached hydrogen (secondary N) is 1. The van der Waals surface area contributed by atoms with E-state index in [1.807, 2.05) is 0 Å². The van der Waals surface area contributed by atoms with Gasteiger partial charge in [-0.2, -0.15) is 4.31 Å². The number of para-hydroxylation sites is 2. The number of nitrogens with zero attached hydrogens (tertiary/aromatic N) is 1. The first-order valence-electron chi connectivity index (χ1n) is 8.97. The Kier molecular flexibility index (Phi) is 6.59. The highest BCUT2D eigenvalue weighted by atomic mass is 35.5. The highest BCUT2D eigenvalue weighted by Crippen LogP contribution is 2.31. The Hall–Kier alpha value is -2.30.